The molecule has 6 rings (SSSR count). The van der Waals surface area contributed by atoms with Crippen molar-refractivity contribution >= 4 is 26.5 Å². The van der Waals surface area contributed by atoms with Crippen LogP contribution in [-0.2, 0) is 22.9 Å². The number of nitrogens with zero attached hydrogens (tertiary/aromatic N) is 3. The van der Waals surface area contributed by atoms with Gasteiger partial charge in [0.1, 0.15) is 5.82 Å². The number of benzene rings is 3. The second-order valence-corrected chi connectivity index (χ2v) is 14.2. The number of carbonyl (C=O) groups excluding carboxylic acids is 1. The van der Waals surface area contributed by atoms with Crippen LogP contribution in [0.1, 0.15) is 39.9 Å². The second kappa shape index (κ2) is 11.9. The highest BCUT2D eigenvalue weighted by atomic mass is 32.2. The Balaban J connectivity index is 1.42. The number of halogens is 1. The van der Waals surface area contributed by atoms with E-state index in [0.717, 1.165) is 61.1 Å². The number of rotatable bonds is 8. The summed E-state index contributed by atoms with van der Waals surface area (Å²) in [6.45, 7) is 6.32. The zero-order valence-corrected chi connectivity index (χ0v) is 26.1. The Kier molecular flexibility index (Phi) is 8.17. The largest absolute Gasteiger partial charge is 0.349 e. The van der Waals surface area contributed by atoms with Gasteiger partial charge < -0.3 is 14.8 Å². The molecule has 1 aromatic heterocycles. The van der Waals surface area contributed by atoms with Gasteiger partial charge in [0.05, 0.1) is 11.4 Å². The van der Waals surface area contributed by atoms with E-state index in [-0.39, 0.29) is 28.0 Å². The molecule has 230 valence electrons. The van der Waals surface area contributed by atoms with Crippen LogP contribution < -0.4 is 10.9 Å². The Hall–Kier alpha value is -3.86. The molecule has 2 fully saturated rings. The lowest BCUT2D eigenvalue weighted by molar-refractivity contribution is 0.0950. The van der Waals surface area contributed by atoms with Crippen molar-refractivity contribution in [2.45, 2.75) is 43.8 Å². The third-order valence-electron chi connectivity index (χ3n) is 8.69. The molecular formula is C34H37FN4O4S. The third kappa shape index (κ3) is 6.47. The summed E-state index contributed by atoms with van der Waals surface area (Å²) in [5.41, 5.74) is 3.70. The number of hydrogen-bond donors (Lipinski definition) is 1. The highest BCUT2D eigenvalue weighted by molar-refractivity contribution is 7.90. The molecule has 1 saturated heterocycles. The Bertz CT molecular complexity index is 1910. The van der Waals surface area contributed by atoms with E-state index in [9.17, 15) is 18.0 Å². The van der Waals surface area contributed by atoms with Crippen LogP contribution in [-0.4, -0.2) is 74.2 Å². The van der Waals surface area contributed by atoms with Gasteiger partial charge >= 0.3 is 0 Å². The van der Waals surface area contributed by atoms with Crippen molar-refractivity contribution < 1.29 is 17.6 Å². The molecule has 1 aliphatic heterocycles. The molecule has 10 heteroatoms. The van der Waals surface area contributed by atoms with Gasteiger partial charge in [0, 0.05) is 62.2 Å². The van der Waals surface area contributed by atoms with Gasteiger partial charge in [-0.1, -0.05) is 18.2 Å². The van der Waals surface area contributed by atoms with Gasteiger partial charge in [0.25, 0.3) is 11.5 Å². The van der Waals surface area contributed by atoms with Gasteiger partial charge in [-0.05, 0) is 96.4 Å². The first-order valence-electron chi connectivity index (χ1n) is 14.9. The van der Waals surface area contributed by atoms with Crippen LogP contribution >= 0.6 is 0 Å². The zero-order valence-electron chi connectivity index (χ0n) is 25.3. The number of likely N-dealkylation sites (N-methyl/N-ethyl adjacent to an activating group) is 1. The van der Waals surface area contributed by atoms with Crippen molar-refractivity contribution in [2.24, 2.45) is 0 Å². The fourth-order valence-electron chi connectivity index (χ4n) is 5.77. The molecule has 1 saturated carbocycles. The van der Waals surface area contributed by atoms with Gasteiger partial charge in [-0.25, -0.2) is 12.8 Å². The minimum atomic E-state index is -3.32. The zero-order chi connectivity index (χ0) is 31.2. The number of sulfone groups is 1. The molecular weight excluding hydrogens is 579 g/mol. The quantitative estimate of drug-likeness (QED) is 0.319. The van der Waals surface area contributed by atoms with Crippen molar-refractivity contribution in [1.29, 1.82) is 0 Å². The number of amides is 1. The fraction of sp³-hybridized carbons (Fsp3) is 0.353. The second-order valence-electron chi connectivity index (χ2n) is 12.2. The van der Waals surface area contributed by atoms with Crippen LogP contribution in [0.15, 0.2) is 70.5 Å². The number of pyridine rings is 1. The number of aromatic nitrogens is 1. The van der Waals surface area contributed by atoms with Crippen LogP contribution in [0.25, 0.3) is 21.9 Å². The van der Waals surface area contributed by atoms with Gasteiger partial charge in [-0.2, -0.15) is 0 Å². The first-order valence-corrected chi connectivity index (χ1v) is 16.8. The molecule has 3 aromatic carbocycles. The predicted octanol–water partition coefficient (Wildman–Crippen LogP) is 4.21. The topological polar surface area (TPSA) is 91.7 Å². The van der Waals surface area contributed by atoms with Crippen molar-refractivity contribution in [1.82, 2.24) is 19.7 Å². The van der Waals surface area contributed by atoms with Gasteiger partial charge in [0.15, 0.2) is 9.84 Å². The average Bonchev–Trinajstić information content (AvgIpc) is 3.81. The van der Waals surface area contributed by atoms with Crippen LogP contribution in [0.3, 0.4) is 0 Å². The summed E-state index contributed by atoms with van der Waals surface area (Å²) in [6, 6.07) is 15.3. The van der Waals surface area contributed by atoms with E-state index in [4.69, 9.17) is 0 Å². The Morgan fingerprint density at radius 2 is 1.66 bits per heavy atom. The van der Waals surface area contributed by atoms with E-state index in [1.54, 1.807) is 47.9 Å². The standard InChI is InChI=1S/C34H37FN4O4S/c1-22-30(17-25(18-32(22)35)33(40)36-27-7-8-27)24-6-11-29-31(16-24)26(20-38-14-12-37(2)13-15-38)21-39(34(29)41)19-23-4-9-28(10-5-23)44(3,42)43/h4-6,9-11,16-18,21,27H,7-8,12-15,19-20H2,1-3H3,(H,36,40). The van der Waals surface area contributed by atoms with E-state index in [0.29, 0.717) is 29.6 Å². The molecule has 2 aliphatic rings. The molecule has 0 spiro atoms. The van der Waals surface area contributed by atoms with Gasteiger partial charge in [-0.15, -0.1) is 0 Å². The predicted molar refractivity (Wildman–Crippen MR) is 170 cm³/mol. The molecule has 0 radical (unpaired) electrons. The lowest BCUT2D eigenvalue weighted by Crippen LogP contribution is -2.44. The summed E-state index contributed by atoms with van der Waals surface area (Å²) in [6.07, 6.45) is 4.95. The lowest BCUT2D eigenvalue weighted by Gasteiger charge is -2.32. The van der Waals surface area contributed by atoms with E-state index in [2.05, 4.69) is 22.2 Å². The normalized spacial score (nSPS) is 16.4. The first kappa shape index (κ1) is 30.2. The monoisotopic (exact) mass is 616 g/mol. The van der Waals surface area contributed by atoms with Crippen molar-refractivity contribution in [3.63, 3.8) is 0 Å². The van der Waals surface area contributed by atoms with Crippen LogP contribution in [0.5, 0.6) is 0 Å². The number of nitrogens with one attached hydrogen (secondary N) is 1. The van der Waals surface area contributed by atoms with Crippen molar-refractivity contribution in [3.05, 3.63) is 99.2 Å². The summed E-state index contributed by atoms with van der Waals surface area (Å²) in [7, 11) is -1.22. The summed E-state index contributed by atoms with van der Waals surface area (Å²) in [5.74, 6) is -0.727. The summed E-state index contributed by atoms with van der Waals surface area (Å²) in [5, 5.41) is 4.28. The highest BCUT2D eigenvalue weighted by Gasteiger charge is 2.25. The molecule has 0 unspecified atom stereocenters. The first-order chi connectivity index (χ1) is 21.0. The fourth-order valence-corrected chi connectivity index (χ4v) is 6.40. The lowest BCUT2D eigenvalue weighted by atomic mass is 9.94. The van der Waals surface area contributed by atoms with E-state index >= 15 is 4.39 Å². The maximum atomic E-state index is 15.1. The molecule has 1 aliphatic carbocycles. The number of fused-ring (bicyclic) bond motifs is 1. The summed E-state index contributed by atoms with van der Waals surface area (Å²) >= 11 is 0. The molecule has 4 aromatic rings. The van der Waals surface area contributed by atoms with Crippen LogP contribution in [0, 0.1) is 12.7 Å². The summed E-state index contributed by atoms with van der Waals surface area (Å²) < 4.78 is 40.6. The molecule has 2 heterocycles. The summed E-state index contributed by atoms with van der Waals surface area (Å²) in [4.78, 5) is 31.5. The van der Waals surface area contributed by atoms with Crippen molar-refractivity contribution in [3.8, 4) is 11.1 Å². The van der Waals surface area contributed by atoms with E-state index in [1.165, 1.54) is 12.3 Å². The van der Waals surface area contributed by atoms with Gasteiger partial charge in [-0.3, -0.25) is 14.5 Å². The Morgan fingerprint density at radius 1 is 0.955 bits per heavy atom. The smallest absolute Gasteiger partial charge is 0.258 e. The molecule has 8 nitrogen and oxygen atoms in total. The number of hydrogen-bond acceptors (Lipinski definition) is 6. The number of piperazine rings is 1. The van der Waals surface area contributed by atoms with Gasteiger partial charge in [0.2, 0.25) is 0 Å². The highest BCUT2D eigenvalue weighted by Crippen LogP contribution is 2.31. The molecule has 1 amide bonds. The van der Waals surface area contributed by atoms with E-state index in [1.807, 2.05) is 18.3 Å². The minimum absolute atomic E-state index is 0.160. The van der Waals surface area contributed by atoms with Crippen molar-refractivity contribution in [2.75, 3.05) is 39.5 Å². The molecule has 44 heavy (non-hydrogen) atoms. The third-order valence-corrected chi connectivity index (χ3v) is 9.82. The van der Waals surface area contributed by atoms with E-state index < -0.39 is 15.7 Å². The maximum Gasteiger partial charge on any atom is 0.258 e. The SMILES string of the molecule is Cc1c(F)cc(C(=O)NC2CC2)cc1-c1ccc2c(=O)n(Cc3ccc(S(C)(=O)=O)cc3)cc(CN3CCN(C)CC3)c2c1. The van der Waals surface area contributed by atoms with Crippen LogP contribution in [0.4, 0.5) is 4.39 Å². The minimum Gasteiger partial charge on any atom is -0.349 e. The molecule has 0 atom stereocenters. The maximum absolute atomic E-state index is 15.1. The Morgan fingerprint density at radius 3 is 2.32 bits per heavy atom. The average molecular weight is 617 g/mol. The Labute approximate surface area is 257 Å². The van der Waals surface area contributed by atoms with Crippen LogP contribution in [0.2, 0.25) is 0 Å². The molecule has 1 N–H and O–H groups in total. The number of carbonyl (C=O) groups is 1. The molecule has 0 bridgehead atoms.